The zero-order chi connectivity index (χ0) is 19.1. The second-order valence-corrected chi connectivity index (χ2v) is 6.63. The summed E-state index contributed by atoms with van der Waals surface area (Å²) in [4.78, 5) is 23.9. The van der Waals surface area contributed by atoms with Crippen molar-refractivity contribution >= 4 is 34.3 Å². The van der Waals surface area contributed by atoms with E-state index in [1.165, 1.54) is 6.07 Å². The van der Waals surface area contributed by atoms with Crippen molar-refractivity contribution in [1.29, 1.82) is 0 Å². The van der Waals surface area contributed by atoms with Crippen LogP contribution in [0.15, 0.2) is 71.6 Å². The molecule has 0 aliphatic carbocycles. The zero-order valence-electron chi connectivity index (χ0n) is 14.3. The monoisotopic (exact) mass is 384 g/mol. The van der Waals surface area contributed by atoms with E-state index in [-0.39, 0.29) is 18.2 Å². The number of nitrogens with one attached hydrogen (secondary N) is 2. The molecule has 2 N–H and O–H groups in total. The largest absolute Gasteiger partial charge is 0.484 e. The number of carbonyl (C=O) groups is 2. The molecule has 0 fully saturated rings. The molecule has 0 aliphatic heterocycles. The summed E-state index contributed by atoms with van der Waals surface area (Å²) in [7, 11) is 0. The fraction of sp³-hybridized carbons (Fsp3) is 0.100. The van der Waals surface area contributed by atoms with Crippen LogP contribution in [0, 0.1) is 5.82 Å². The lowest BCUT2D eigenvalue weighted by atomic mass is 10.1. The highest BCUT2D eigenvalue weighted by Gasteiger charge is 2.08. The number of thioether (sulfide) groups is 1. The smallest absolute Gasteiger partial charge is 0.276 e. The molecule has 0 atom stereocenters. The van der Waals surface area contributed by atoms with E-state index in [9.17, 15) is 14.0 Å². The summed E-state index contributed by atoms with van der Waals surface area (Å²) in [5.74, 6) is -0.782. The van der Waals surface area contributed by atoms with Gasteiger partial charge in [0.05, 0.1) is 5.75 Å². The summed E-state index contributed by atoms with van der Waals surface area (Å²) in [5, 5.41) is 2.09. The van der Waals surface area contributed by atoms with Gasteiger partial charge in [0.2, 0.25) is 5.91 Å². The molecule has 0 aliphatic rings. The van der Waals surface area contributed by atoms with Crippen molar-refractivity contribution < 1.29 is 18.7 Å². The van der Waals surface area contributed by atoms with Crippen molar-refractivity contribution in [1.82, 2.24) is 10.9 Å². The molecule has 0 aromatic heterocycles. The lowest BCUT2D eigenvalue weighted by Gasteiger charge is -2.09. The van der Waals surface area contributed by atoms with Gasteiger partial charge in [-0.3, -0.25) is 20.4 Å². The van der Waals surface area contributed by atoms with Gasteiger partial charge in [0.15, 0.2) is 6.61 Å². The van der Waals surface area contributed by atoms with Crippen molar-refractivity contribution in [2.45, 2.75) is 4.90 Å². The Bertz CT molecular complexity index is 965. The standard InChI is InChI=1S/C20H17FN2O3S/c21-17-7-3-4-8-18(17)27-13-20(25)23-22-19(24)12-26-16-10-9-14-5-1-2-6-15(14)11-16/h1-11H,12-13H2,(H,22,24)(H,23,25). The van der Waals surface area contributed by atoms with Crippen LogP contribution in [0.25, 0.3) is 10.8 Å². The van der Waals surface area contributed by atoms with Gasteiger partial charge in [0.25, 0.3) is 5.91 Å². The van der Waals surface area contributed by atoms with Gasteiger partial charge in [-0.1, -0.05) is 42.5 Å². The number of ether oxygens (including phenoxy) is 1. The van der Waals surface area contributed by atoms with Crippen molar-refractivity contribution in [2.75, 3.05) is 12.4 Å². The quantitative estimate of drug-likeness (QED) is 0.506. The van der Waals surface area contributed by atoms with Gasteiger partial charge >= 0.3 is 0 Å². The van der Waals surface area contributed by atoms with Crippen LogP contribution in [-0.2, 0) is 9.59 Å². The first-order valence-electron chi connectivity index (χ1n) is 8.18. The second-order valence-electron chi connectivity index (χ2n) is 5.61. The average molecular weight is 384 g/mol. The van der Waals surface area contributed by atoms with Crippen molar-refractivity contribution in [2.24, 2.45) is 0 Å². The molecule has 5 nitrogen and oxygen atoms in total. The summed E-state index contributed by atoms with van der Waals surface area (Å²) in [6, 6.07) is 19.5. The molecule has 0 unspecified atom stereocenters. The third kappa shape index (κ3) is 5.46. The number of rotatable bonds is 6. The summed E-state index contributed by atoms with van der Waals surface area (Å²) in [5.41, 5.74) is 4.55. The molecule has 7 heteroatoms. The molecule has 0 heterocycles. The molecular formula is C20H17FN2O3S. The fourth-order valence-electron chi connectivity index (χ4n) is 2.32. The topological polar surface area (TPSA) is 67.4 Å². The molecule has 0 bridgehead atoms. The summed E-state index contributed by atoms with van der Waals surface area (Å²) >= 11 is 1.05. The van der Waals surface area contributed by atoms with Crippen LogP contribution in [0.1, 0.15) is 0 Å². The highest BCUT2D eigenvalue weighted by Crippen LogP contribution is 2.21. The van der Waals surface area contributed by atoms with E-state index < -0.39 is 11.8 Å². The van der Waals surface area contributed by atoms with Crippen LogP contribution in [-0.4, -0.2) is 24.2 Å². The van der Waals surface area contributed by atoms with Crippen LogP contribution in [0.4, 0.5) is 4.39 Å². The third-order valence-electron chi connectivity index (χ3n) is 3.63. The van der Waals surface area contributed by atoms with E-state index in [2.05, 4.69) is 10.9 Å². The first-order valence-corrected chi connectivity index (χ1v) is 9.17. The Labute approximate surface area is 159 Å². The maximum absolute atomic E-state index is 13.5. The van der Waals surface area contributed by atoms with Crippen LogP contribution < -0.4 is 15.6 Å². The number of hydrogen-bond acceptors (Lipinski definition) is 4. The number of fused-ring (bicyclic) bond motifs is 1. The molecule has 138 valence electrons. The molecular weight excluding hydrogens is 367 g/mol. The van der Waals surface area contributed by atoms with Gasteiger partial charge in [0, 0.05) is 4.90 Å². The SMILES string of the molecule is O=C(COc1ccc2ccccc2c1)NNC(=O)CSc1ccccc1F. The van der Waals surface area contributed by atoms with Crippen molar-refractivity contribution in [3.8, 4) is 5.75 Å². The third-order valence-corrected chi connectivity index (χ3v) is 4.68. The predicted octanol–water partition coefficient (Wildman–Crippen LogP) is 3.30. The summed E-state index contributed by atoms with van der Waals surface area (Å²) in [6.07, 6.45) is 0. The van der Waals surface area contributed by atoms with Crippen molar-refractivity contribution in [3.05, 3.63) is 72.5 Å². The molecule has 0 saturated heterocycles. The minimum atomic E-state index is -0.493. The van der Waals surface area contributed by atoms with Crippen molar-refractivity contribution in [3.63, 3.8) is 0 Å². The molecule has 27 heavy (non-hydrogen) atoms. The number of hydrazine groups is 1. The number of benzene rings is 3. The molecule has 3 aromatic rings. The Kier molecular flexibility index (Phi) is 6.27. The Morgan fingerprint density at radius 1 is 0.889 bits per heavy atom. The predicted molar refractivity (Wildman–Crippen MR) is 103 cm³/mol. The fourth-order valence-corrected chi connectivity index (χ4v) is 3.06. The van der Waals surface area contributed by atoms with E-state index in [4.69, 9.17) is 4.74 Å². The number of carbonyl (C=O) groups excluding carboxylic acids is 2. The molecule has 2 amide bonds. The minimum absolute atomic E-state index is 0.0211. The van der Waals surface area contributed by atoms with Gasteiger partial charge in [-0.2, -0.15) is 0 Å². The summed E-state index contributed by atoms with van der Waals surface area (Å²) < 4.78 is 18.9. The lowest BCUT2D eigenvalue weighted by Crippen LogP contribution is -2.44. The first-order chi connectivity index (χ1) is 13.1. The second kappa shape index (κ2) is 9.05. The summed E-state index contributed by atoms with van der Waals surface area (Å²) in [6.45, 7) is -0.237. The zero-order valence-corrected chi connectivity index (χ0v) is 15.1. The van der Waals surface area contributed by atoms with E-state index in [0.29, 0.717) is 10.6 Å². The highest BCUT2D eigenvalue weighted by atomic mass is 32.2. The molecule has 3 rings (SSSR count). The Balaban J connectivity index is 1.41. The minimum Gasteiger partial charge on any atom is -0.484 e. The van der Waals surface area contributed by atoms with E-state index >= 15 is 0 Å². The first kappa shape index (κ1) is 18.7. The molecule has 3 aromatic carbocycles. The van der Waals surface area contributed by atoms with Crippen LogP contribution >= 0.6 is 11.8 Å². The maximum atomic E-state index is 13.5. The highest BCUT2D eigenvalue weighted by molar-refractivity contribution is 8.00. The van der Waals surface area contributed by atoms with Crippen LogP contribution in [0.2, 0.25) is 0 Å². The number of amides is 2. The van der Waals surface area contributed by atoms with E-state index in [0.717, 1.165) is 22.5 Å². The number of hydrogen-bond donors (Lipinski definition) is 2. The van der Waals surface area contributed by atoms with Gasteiger partial charge in [-0.05, 0) is 35.0 Å². The Morgan fingerprint density at radius 3 is 2.41 bits per heavy atom. The number of halogens is 1. The van der Waals surface area contributed by atoms with Crippen LogP contribution in [0.5, 0.6) is 5.75 Å². The maximum Gasteiger partial charge on any atom is 0.276 e. The van der Waals surface area contributed by atoms with Gasteiger partial charge in [-0.25, -0.2) is 4.39 Å². The Hall–Kier alpha value is -3.06. The van der Waals surface area contributed by atoms with Gasteiger partial charge in [0.1, 0.15) is 11.6 Å². The normalized spacial score (nSPS) is 10.4. The van der Waals surface area contributed by atoms with Gasteiger partial charge in [-0.15, -0.1) is 11.8 Å². The average Bonchev–Trinajstić information content (AvgIpc) is 2.70. The van der Waals surface area contributed by atoms with Crippen LogP contribution in [0.3, 0.4) is 0 Å². The van der Waals surface area contributed by atoms with E-state index in [1.807, 2.05) is 36.4 Å². The van der Waals surface area contributed by atoms with Gasteiger partial charge < -0.3 is 4.74 Å². The van der Waals surface area contributed by atoms with E-state index in [1.54, 1.807) is 24.3 Å². The molecule has 0 saturated carbocycles. The molecule has 0 spiro atoms. The lowest BCUT2D eigenvalue weighted by molar-refractivity contribution is -0.128. The molecule has 0 radical (unpaired) electrons. The Morgan fingerprint density at radius 2 is 1.59 bits per heavy atom.